The topological polar surface area (TPSA) is 51.5 Å². The monoisotopic (exact) mass is 278 g/mol. The summed E-state index contributed by atoms with van der Waals surface area (Å²) in [4.78, 5) is 25.3. The number of ether oxygens (including phenoxy) is 1. The lowest BCUT2D eigenvalue weighted by molar-refractivity contribution is 0.0222. The smallest absolute Gasteiger partial charge is 0.410 e. The molecule has 2 heterocycles. The van der Waals surface area contributed by atoms with Gasteiger partial charge in [-0.1, -0.05) is 0 Å². The minimum Gasteiger partial charge on any atom is -0.444 e. The maximum Gasteiger partial charge on any atom is 0.410 e. The second kappa shape index (κ2) is 4.96. The van der Waals surface area contributed by atoms with Crippen molar-refractivity contribution < 1.29 is 14.3 Å². The summed E-state index contributed by atoms with van der Waals surface area (Å²) in [6.07, 6.45) is 0.453. The Hall–Kier alpha value is -1.78. The van der Waals surface area contributed by atoms with Crippen LogP contribution in [-0.4, -0.2) is 33.5 Å². The van der Waals surface area contributed by atoms with Gasteiger partial charge in [-0.3, -0.25) is 4.79 Å². The third-order valence-electron chi connectivity index (χ3n) is 3.44. The number of carbonyl (C=O) groups is 2. The molecule has 0 aliphatic carbocycles. The Morgan fingerprint density at radius 1 is 1.30 bits per heavy atom. The molecule has 0 radical (unpaired) electrons. The molecule has 1 amide bonds. The predicted molar refractivity (Wildman–Crippen MR) is 75.8 cm³/mol. The summed E-state index contributed by atoms with van der Waals surface area (Å²) in [6.45, 7) is 8.26. The van der Waals surface area contributed by atoms with Crippen LogP contribution >= 0.6 is 0 Å². The highest BCUT2D eigenvalue weighted by Gasteiger charge is 2.28. The normalized spacial score (nSPS) is 14.9. The van der Waals surface area contributed by atoms with Crippen LogP contribution in [0.4, 0.5) is 4.79 Å². The first kappa shape index (κ1) is 14.6. The Balaban J connectivity index is 2.17. The van der Waals surface area contributed by atoms with Crippen molar-refractivity contribution in [3.8, 4) is 0 Å². The Morgan fingerprint density at radius 3 is 2.50 bits per heavy atom. The quantitative estimate of drug-likeness (QED) is 0.742. The molecule has 20 heavy (non-hydrogen) atoms. The number of amides is 1. The van der Waals surface area contributed by atoms with Crippen LogP contribution < -0.4 is 0 Å². The van der Waals surface area contributed by atoms with Gasteiger partial charge in [0.15, 0.2) is 5.78 Å². The van der Waals surface area contributed by atoms with Gasteiger partial charge in [0.05, 0.1) is 12.2 Å². The molecule has 0 saturated heterocycles. The van der Waals surface area contributed by atoms with Crippen molar-refractivity contribution in [3.05, 3.63) is 23.0 Å². The zero-order chi connectivity index (χ0) is 15.1. The third kappa shape index (κ3) is 2.86. The molecular weight excluding hydrogens is 256 g/mol. The highest BCUT2D eigenvalue weighted by molar-refractivity contribution is 5.93. The van der Waals surface area contributed by atoms with Crippen LogP contribution in [0, 0.1) is 0 Å². The fourth-order valence-corrected chi connectivity index (χ4v) is 2.52. The molecule has 0 saturated carbocycles. The van der Waals surface area contributed by atoms with E-state index < -0.39 is 5.60 Å². The maximum atomic E-state index is 12.1. The standard InChI is InChI=1S/C15H22N2O3/c1-10(18)13-8-11-9-17(7-6-12(11)16(13)5)14(19)20-15(2,3)4/h8H,6-7,9H2,1-5H3. The van der Waals surface area contributed by atoms with Crippen molar-refractivity contribution in [1.29, 1.82) is 0 Å². The molecular formula is C15H22N2O3. The van der Waals surface area contributed by atoms with E-state index in [1.54, 1.807) is 11.8 Å². The summed E-state index contributed by atoms with van der Waals surface area (Å²) in [5, 5.41) is 0. The molecule has 1 aliphatic rings. The van der Waals surface area contributed by atoms with E-state index in [9.17, 15) is 9.59 Å². The van der Waals surface area contributed by atoms with Gasteiger partial charge in [0.2, 0.25) is 0 Å². The van der Waals surface area contributed by atoms with E-state index in [2.05, 4.69) is 0 Å². The van der Waals surface area contributed by atoms with E-state index in [-0.39, 0.29) is 11.9 Å². The van der Waals surface area contributed by atoms with Gasteiger partial charge in [0.1, 0.15) is 5.60 Å². The van der Waals surface area contributed by atoms with Crippen molar-refractivity contribution in [1.82, 2.24) is 9.47 Å². The fraction of sp³-hybridized carbons (Fsp3) is 0.600. The van der Waals surface area contributed by atoms with Gasteiger partial charge in [-0.25, -0.2) is 4.79 Å². The van der Waals surface area contributed by atoms with Crippen molar-refractivity contribution >= 4 is 11.9 Å². The third-order valence-corrected chi connectivity index (χ3v) is 3.44. The first-order valence-corrected chi connectivity index (χ1v) is 6.85. The van der Waals surface area contributed by atoms with E-state index in [4.69, 9.17) is 4.74 Å². The maximum absolute atomic E-state index is 12.1. The van der Waals surface area contributed by atoms with E-state index in [1.165, 1.54) is 0 Å². The molecule has 0 unspecified atom stereocenters. The largest absolute Gasteiger partial charge is 0.444 e. The minimum absolute atomic E-state index is 0.0470. The molecule has 1 aromatic heterocycles. The molecule has 0 N–H and O–H groups in total. The van der Waals surface area contributed by atoms with Crippen LogP contribution in [0.15, 0.2) is 6.07 Å². The molecule has 0 fully saturated rings. The lowest BCUT2D eigenvalue weighted by atomic mass is 10.1. The summed E-state index contributed by atoms with van der Waals surface area (Å²) < 4.78 is 7.32. The number of hydrogen-bond donors (Lipinski definition) is 0. The summed E-state index contributed by atoms with van der Waals surface area (Å²) in [5.74, 6) is 0.0470. The SMILES string of the molecule is CC(=O)c1cc2c(n1C)CCN(C(=O)OC(C)(C)C)C2. The molecule has 1 aromatic rings. The second-order valence-corrected chi connectivity index (χ2v) is 6.27. The average Bonchev–Trinajstić information content (AvgIpc) is 2.64. The zero-order valence-electron chi connectivity index (χ0n) is 12.8. The minimum atomic E-state index is -0.488. The van der Waals surface area contributed by atoms with E-state index in [0.29, 0.717) is 18.8 Å². The fourth-order valence-electron chi connectivity index (χ4n) is 2.52. The predicted octanol–water partition coefficient (Wildman–Crippen LogP) is 2.52. The molecule has 0 atom stereocenters. The molecule has 5 heteroatoms. The summed E-state index contributed by atoms with van der Waals surface area (Å²) in [7, 11) is 1.90. The number of aromatic nitrogens is 1. The van der Waals surface area contributed by atoms with Crippen molar-refractivity contribution in [2.75, 3.05) is 6.54 Å². The number of fused-ring (bicyclic) bond motifs is 1. The lowest BCUT2D eigenvalue weighted by Crippen LogP contribution is -2.40. The second-order valence-electron chi connectivity index (χ2n) is 6.27. The average molecular weight is 278 g/mol. The number of Topliss-reactive ketones (excluding diaryl/α,β-unsaturated/α-hetero) is 1. The Kier molecular flexibility index (Phi) is 3.63. The zero-order valence-corrected chi connectivity index (χ0v) is 12.8. The molecule has 0 spiro atoms. The van der Waals surface area contributed by atoms with Crippen molar-refractivity contribution in [3.63, 3.8) is 0 Å². The van der Waals surface area contributed by atoms with Gasteiger partial charge in [-0.15, -0.1) is 0 Å². The molecule has 0 bridgehead atoms. The van der Waals surface area contributed by atoms with Crippen LogP contribution in [0.5, 0.6) is 0 Å². The highest BCUT2D eigenvalue weighted by atomic mass is 16.6. The van der Waals surface area contributed by atoms with E-state index >= 15 is 0 Å². The van der Waals surface area contributed by atoms with Crippen LogP contribution in [0.3, 0.4) is 0 Å². The first-order valence-electron chi connectivity index (χ1n) is 6.85. The summed E-state index contributed by atoms with van der Waals surface area (Å²) >= 11 is 0. The van der Waals surface area contributed by atoms with Gasteiger partial charge in [-0.2, -0.15) is 0 Å². The molecule has 2 rings (SSSR count). The number of ketones is 1. The summed E-state index contributed by atoms with van der Waals surface area (Å²) in [6, 6.07) is 1.88. The molecule has 5 nitrogen and oxygen atoms in total. The number of rotatable bonds is 1. The van der Waals surface area contributed by atoms with Gasteiger partial charge in [-0.05, 0) is 32.4 Å². The van der Waals surface area contributed by atoms with Gasteiger partial charge in [0, 0.05) is 32.6 Å². The number of nitrogens with zero attached hydrogens (tertiary/aromatic N) is 2. The Bertz CT molecular complexity index is 552. The van der Waals surface area contributed by atoms with E-state index in [1.807, 2.05) is 38.5 Å². The number of hydrogen-bond acceptors (Lipinski definition) is 3. The molecule has 1 aliphatic heterocycles. The van der Waals surface area contributed by atoms with Crippen molar-refractivity contribution in [2.24, 2.45) is 7.05 Å². The Morgan fingerprint density at radius 2 is 1.95 bits per heavy atom. The lowest BCUT2D eigenvalue weighted by Gasteiger charge is -2.30. The summed E-state index contributed by atoms with van der Waals surface area (Å²) in [5.41, 5.74) is 2.38. The van der Waals surface area contributed by atoms with Gasteiger partial charge in [0.25, 0.3) is 0 Å². The first-order chi connectivity index (χ1) is 9.19. The van der Waals surface area contributed by atoms with Crippen LogP contribution in [0.25, 0.3) is 0 Å². The van der Waals surface area contributed by atoms with E-state index in [0.717, 1.165) is 17.7 Å². The Labute approximate surface area is 119 Å². The molecule has 110 valence electrons. The molecule has 0 aromatic carbocycles. The number of carbonyl (C=O) groups excluding carboxylic acids is 2. The van der Waals surface area contributed by atoms with Crippen LogP contribution in [0.2, 0.25) is 0 Å². The highest BCUT2D eigenvalue weighted by Crippen LogP contribution is 2.24. The van der Waals surface area contributed by atoms with Crippen LogP contribution in [0.1, 0.15) is 49.4 Å². The van der Waals surface area contributed by atoms with Crippen LogP contribution in [-0.2, 0) is 24.8 Å². The van der Waals surface area contributed by atoms with Gasteiger partial charge < -0.3 is 14.2 Å². The van der Waals surface area contributed by atoms with Crippen molar-refractivity contribution in [2.45, 2.75) is 46.3 Å². The van der Waals surface area contributed by atoms with Gasteiger partial charge >= 0.3 is 6.09 Å².